The van der Waals surface area contributed by atoms with Gasteiger partial charge in [-0.1, -0.05) is 97.1 Å². The fraction of sp³-hybridized carbons (Fsp3) is 0.0727. The molecule has 37 heteroatoms. The number of rotatable bonds is 15. The number of hydrogen-bond acceptors (Lipinski definition) is 21. The minimum atomic E-state index is -5.09. The summed E-state index contributed by atoms with van der Waals surface area (Å²) >= 11 is 0. The molecule has 1 aliphatic heterocycles. The number of benzene rings is 8. The predicted octanol–water partition coefficient (Wildman–Crippen LogP) is 5.63. The van der Waals surface area contributed by atoms with Gasteiger partial charge >= 0.3 is 0 Å². The number of aromatic nitrogens is 9. The first-order valence-corrected chi connectivity index (χ1v) is 35.0. The Morgan fingerprint density at radius 2 is 0.783 bits per heavy atom. The van der Waals surface area contributed by atoms with Crippen LogP contribution in [-0.4, -0.2) is 149 Å². The normalized spacial score (nSPS) is 14.5. The lowest BCUT2D eigenvalue weighted by Gasteiger charge is -2.26. The molecule has 11 aromatic rings. The first kappa shape index (κ1) is 62.6. The smallest absolute Gasteiger partial charge is 0.295 e. The van der Waals surface area contributed by atoms with Crippen molar-refractivity contribution in [2.75, 3.05) is 31.2 Å². The second-order valence-electron chi connectivity index (χ2n) is 20.1. The van der Waals surface area contributed by atoms with Gasteiger partial charge in [0.15, 0.2) is 0 Å². The summed E-state index contributed by atoms with van der Waals surface area (Å²) in [4.78, 5) is 19.2. The van der Waals surface area contributed by atoms with Crippen molar-refractivity contribution in [3.8, 4) is 11.4 Å². The van der Waals surface area contributed by atoms with Gasteiger partial charge in [0.1, 0.15) is 51.4 Å². The van der Waals surface area contributed by atoms with Crippen LogP contribution < -0.4 is 16.1 Å². The molecule has 0 unspecified atom stereocenters. The number of fused-ring (bicyclic) bond motifs is 6. The van der Waals surface area contributed by atoms with Crippen LogP contribution in [-0.2, 0) is 65.4 Å². The minimum absolute atomic E-state index is 0.00791. The number of nitrogens with one attached hydrogen (secondary N) is 2. The van der Waals surface area contributed by atoms with Crippen LogP contribution in [0.4, 0.5) is 17.3 Å². The SMILES string of the molecule is O=S(=O)(O)c1cc(N=c2nc(N3CCOCC3)[nH]c(=Nc3ccc(C=Cc4ccc(-n5nc6cc(S(=O)(=O)O)c7ccccc7c6n5)cc4S(=O)(=O)O)c(S(=O)(=O)O)c3)[nH]2)ccc1C=Cc1ccc(-n2nc3cc(S(=O)(=O)O)c4ccccc4c3n2)cc1S(=O)(=O)O. The molecule has 8 N–H and O–H groups in total. The van der Waals surface area contributed by atoms with E-state index in [1.807, 2.05) is 0 Å². The van der Waals surface area contributed by atoms with E-state index in [4.69, 9.17) is 4.74 Å². The van der Waals surface area contributed by atoms with Crippen molar-refractivity contribution in [1.82, 2.24) is 44.9 Å². The maximum absolute atomic E-state index is 13.0. The van der Waals surface area contributed by atoms with E-state index >= 15 is 0 Å². The molecular weight excluding hydrogens is 1330 g/mol. The van der Waals surface area contributed by atoms with Gasteiger partial charge in [0.05, 0.1) is 36.0 Å². The lowest BCUT2D eigenvalue weighted by molar-refractivity contribution is 0.122. The predicted molar refractivity (Wildman–Crippen MR) is 329 cm³/mol. The van der Waals surface area contributed by atoms with Gasteiger partial charge < -0.3 is 9.64 Å². The molecule has 4 heterocycles. The number of ether oxygens (including phenoxy) is 1. The fourth-order valence-corrected chi connectivity index (χ4v) is 14.3. The molecule has 92 heavy (non-hydrogen) atoms. The lowest BCUT2D eigenvalue weighted by Crippen LogP contribution is -2.40. The molecule has 0 saturated carbocycles. The Morgan fingerprint density at radius 1 is 0.413 bits per heavy atom. The average Bonchev–Trinajstić information content (AvgIpc) is 1.58. The summed E-state index contributed by atoms with van der Waals surface area (Å²) in [6.45, 7) is 1.16. The maximum Gasteiger partial charge on any atom is 0.295 e. The molecule has 0 amide bonds. The van der Waals surface area contributed by atoms with E-state index in [9.17, 15) is 77.8 Å². The van der Waals surface area contributed by atoms with Gasteiger partial charge in [-0.15, -0.1) is 20.4 Å². The van der Waals surface area contributed by atoms with Crippen molar-refractivity contribution in [1.29, 1.82) is 0 Å². The molecule has 1 aliphatic rings. The largest absolute Gasteiger partial charge is 0.378 e. The van der Waals surface area contributed by atoms with E-state index in [1.165, 1.54) is 60.7 Å². The van der Waals surface area contributed by atoms with Gasteiger partial charge in [-0.25, -0.2) is 9.98 Å². The van der Waals surface area contributed by atoms with E-state index < -0.39 is 90.1 Å². The number of anilines is 1. The van der Waals surface area contributed by atoms with Crippen LogP contribution in [0.1, 0.15) is 22.3 Å². The summed E-state index contributed by atoms with van der Waals surface area (Å²) in [5.41, 5.74) is -1.03. The second-order valence-corrected chi connectivity index (χ2v) is 28.5. The van der Waals surface area contributed by atoms with E-state index in [2.05, 4.69) is 45.3 Å². The number of nitrogens with zero attached hydrogens (tertiary/aromatic N) is 10. The highest BCUT2D eigenvalue weighted by Crippen LogP contribution is 2.34. The van der Waals surface area contributed by atoms with Gasteiger partial charge in [0.2, 0.25) is 17.2 Å². The van der Waals surface area contributed by atoms with Crippen LogP contribution >= 0.6 is 0 Å². The first-order chi connectivity index (χ1) is 43.3. The second kappa shape index (κ2) is 23.3. The third-order valence-electron chi connectivity index (χ3n) is 14.2. The molecule has 0 spiro atoms. The van der Waals surface area contributed by atoms with Gasteiger partial charge in [0.25, 0.3) is 60.7 Å². The number of hydrogen-bond donors (Lipinski definition) is 8. The average molecular weight is 1370 g/mol. The molecule has 472 valence electrons. The molecule has 0 aliphatic carbocycles. The summed E-state index contributed by atoms with van der Waals surface area (Å²) in [6, 6.07) is 28.6. The Kier molecular flexibility index (Phi) is 15.8. The quantitative estimate of drug-likeness (QED) is 0.0455. The van der Waals surface area contributed by atoms with E-state index in [1.54, 1.807) is 41.3 Å². The summed E-state index contributed by atoms with van der Waals surface area (Å²) in [7, 11) is -29.7. The fourth-order valence-electron chi connectivity index (χ4n) is 10.1. The standard InChI is InChI=1S/C55H42N12O19S6/c68-87(69,70)45-25-35(17-13-31(45)9-11-33-15-19-37(27-47(33)89(74,75)76)66-61-43-29-49(91(80,81)82)39-5-1-3-7-41(39)51(43)63-66)56-53-58-54(60-55(59-53)65-21-23-86-24-22-65)57-36-18-14-32(46(26-36)88(71,72)73)10-12-34-16-20-38(28-48(34)90(77,78)79)67-62-44-30-50(92(83,84)85)40-6-2-4-8-42(40)52(44)64-67/h1-20,25-30H,21-24H2,(H,68,69,70)(H,71,72,73)(H,74,75,76)(H,77,78,79)(H,80,81,82)(H,83,84,85)(H2,56,57,58,59,60). The molecule has 8 aromatic carbocycles. The highest BCUT2D eigenvalue weighted by Gasteiger charge is 2.25. The van der Waals surface area contributed by atoms with E-state index in [0.29, 0.717) is 23.9 Å². The van der Waals surface area contributed by atoms with Gasteiger partial charge in [-0.3, -0.25) is 37.3 Å². The van der Waals surface area contributed by atoms with Crippen LogP contribution in [0, 0.1) is 0 Å². The summed E-state index contributed by atoms with van der Waals surface area (Å²) in [5, 5.41) is 18.3. The topological polar surface area (TPSA) is 469 Å². The molecule has 1 saturated heterocycles. The van der Waals surface area contributed by atoms with Crippen molar-refractivity contribution in [3.63, 3.8) is 0 Å². The number of morpholine rings is 1. The van der Waals surface area contributed by atoms with Crippen molar-refractivity contribution < 1.29 is 82.6 Å². The van der Waals surface area contributed by atoms with E-state index in [-0.39, 0.29) is 108 Å². The van der Waals surface area contributed by atoms with Crippen LogP contribution in [0.3, 0.4) is 0 Å². The Balaban J connectivity index is 0.866. The monoisotopic (exact) mass is 1370 g/mol. The Bertz CT molecular complexity index is 5560. The summed E-state index contributed by atoms with van der Waals surface area (Å²) in [6.07, 6.45) is 4.53. The highest BCUT2D eigenvalue weighted by atomic mass is 32.2. The zero-order chi connectivity index (χ0) is 65.5. The van der Waals surface area contributed by atoms with Gasteiger partial charge in [-0.05, 0) is 82.9 Å². The maximum atomic E-state index is 13.0. The molecular formula is C55H42N12O19S6. The third-order valence-corrected chi connectivity index (χ3v) is 19.6. The molecule has 0 atom stereocenters. The van der Waals surface area contributed by atoms with Crippen molar-refractivity contribution >= 4 is 146 Å². The molecule has 12 rings (SSSR count). The Labute approximate surface area is 519 Å². The van der Waals surface area contributed by atoms with Crippen LogP contribution in [0.5, 0.6) is 0 Å². The summed E-state index contributed by atoms with van der Waals surface area (Å²) in [5.74, 6) is 0.141. The van der Waals surface area contributed by atoms with Crippen LogP contribution in [0.2, 0.25) is 0 Å². The number of H-pyrrole nitrogens is 2. The van der Waals surface area contributed by atoms with Crippen molar-refractivity contribution in [3.05, 3.63) is 167 Å². The first-order valence-electron chi connectivity index (χ1n) is 26.3. The highest BCUT2D eigenvalue weighted by molar-refractivity contribution is 7.87. The Hall–Kier alpha value is -9.61. The van der Waals surface area contributed by atoms with Crippen molar-refractivity contribution in [2.24, 2.45) is 9.98 Å². The van der Waals surface area contributed by atoms with Crippen molar-refractivity contribution in [2.45, 2.75) is 29.4 Å². The molecule has 31 nitrogen and oxygen atoms in total. The van der Waals surface area contributed by atoms with Crippen LogP contribution in [0.15, 0.2) is 173 Å². The third kappa shape index (κ3) is 12.9. The molecule has 1 fully saturated rings. The Morgan fingerprint density at radius 3 is 1.18 bits per heavy atom. The van der Waals surface area contributed by atoms with Crippen LogP contribution in [0.25, 0.3) is 79.3 Å². The number of aromatic amines is 2. The molecule has 0 bridgehead atoms. The molecule has 3 aromatic heterocycles. The van der Waals surface area contributed by atoms with Gasteiger partial charge in [-0.2, -0.15) is 65.1 Å². The zero-order valence-electron chi connectivity index (χ0n) is 46.3. The zero-order valence-corrected chi connectivity index (χ0v) is 51.2. The van der Waals surface area contributed by atoms with E-state index in [0.717, 1.165) is 70.3 Å². The minimum Gasteiger partial charge on any atom is -0.378 e. The lowest BCUT2D eigenvalue weighted by atomic mass is 10.1. The van der Waals surface area contributed by atoms with Gasteiger partial charge in [0, 0.05) is 34.6 Å². The molecule has 0 radical (unpaired) electrons. The summed E-state index contributed by atoms with van der Waals surface area (Å²) < 4.78 is 219.